The van der Waals surface area contributed by atoms with Crippen LogP contribution in [-0.2, 0) is 15.9 Å². The number of piperidine rings is 1. The van der Waals surface area contributed by atoms with Crippen molar-refractivity contribution >= 4 is 0 Å². The van der Waals surface area contributed by atoms with E-state index in [2.05, 4.69) is 35.2 Å². The van der Waals surface area contributed by atoms with E-state index >= 15 is 0 Å². The largest absolute Gasteiger partial charge is 0.350 e. The summed E-state index contributed by atoms with van der Waals surface area (Å²) in [6.07, 6.45) is 3.07. The van der Waals surface area contributed by atoms with E-state index in [-0.39, 0.29) is 5.79 Å². The van der Waals surface area contributed by atoms with Crippen LogP contribution in [0.1, 0.15) is 32.3 Å². The van der Waals surface area contributed by atoms with Crippen molar-refractivity contribution in [3.8, 4) is 0 Å². The molecule has 0 bridgehead atoms. The molecule has 0 amide bonds. The lowest BCUT2D eigenvalue weighted by atomic mass is 10.0. The summed E-state index contributed by atoms with van der Waals surface area (Å²) in [5.41, 5.74) is 1.42. The molecular formula is C17H27NO2. The van der Waals surface area contributed by atoms with Gasteiger partial charge in [-0.25, -0.2) is 0 Å². The fourth-order valence-electron chi connectivity index (χ4n) is 2.91. The number of hydrogen-bond donors (Lipinski definition) is 0. The van der Waals surface area contributed by atoms with Gasteiger partial charge in [0.25, 0.3) is 0 Å². The molecule has 1 aromatic carbocycles. The van der Waals surface area contributed by atoms with Crippen molar-refractivity contribution in [1.82, 2.24) is 4.90 Å². The average Bonchev–Trinajstić information content (AvgIpc) is 2.48. The van der Waals surface area contributed by atoms with Crippen molar-refractivity contribution in [2.75, 3.05) is 32.8 Å². The second-order valence-electron chi connectivity index (χ2n) is 5.35. The molecule has 0 unspecified atom stereocenters. The van der Waals surface area contributed by atoms with Crippen LogP contribution in [0.15, 0.2) is 30.3 Å². The van der Waals surface area contributed by atoms with Crippen LogP contribution in [0.25, 0.3) is 0 Å². The van der Waals surface area contributed by atoms with Crippen LogP contribution in [0.3, 0.4) is 0 Å². The summed E-state index contributed by atoms with van der Waals surface area (Å²) >= 11 is 0. The lowest BCUT2D eigenvalue weighted by Crippen LogP contribution is -2.48. The molecule has 0 atom stereocenters. The molecule has 0 spiro atoms. The minimum Gasteiger partial charge on any atom is -0.350 e. The number of ether oxygens (including phenoxy) is 2. The molecule has 0 aromatic heterocycles. The lowest BCUT2D eigenvalue weighted by Gasteiger charge is -2.41. The Balaban J connectivity index is 1.78. The molecule has 1 aliphatic rings. The first-order valence-corrected chi connectivity index (χ1v) is 7.82. The van der Waals surface area contributed by atoms with E-state index in [9.17, 15) is 0 Å². The Morgan fingerprint density at radius 3 is 2.15 bits per heavy atom. The smallest absolute Gasteiger partial charge is 0.170 e. The second kappa shape index (κ2) is 7.77. The van der Waals surface area contributed by atoms with E-state index in [0.29, 0.717) is 0 Å². The van der Waals surface area contributed by atoms with Gasteiger partial charge in [-0.3, -0.25) is 0 Å². The number of likely N-dealkylation sites (tertiary alicyclic amines) is 1. The highest BCUT2D eigenvalue weighted by molar-refractivity contribution is 5.14. The molecule has 1 heterocycles. The normalized spacial score (nSPS) is 19.1. The topological polar surface area (TPSA) is 21.7 Å². The van der Waals surface area contributed by atoms with Gasteiger partial charge in [0.1, 0.15) is 0 Å². The van der Waals surface area contributed by atoms with Crippen LogP contribution >= 0.6 is 0 Å². The van der Waals surface area contributed by atoms with E-state index < -0.39 is 0 Å². The van der Waals surface area contributed by atoms with Crippen LogP contribution in [0, 0.1) is 0 Å². The summed E-state index contributed by atoms with van der Waals surface area (Å²) in [4.78, 5) is 2.52. The maximum absolute atomic E-state index is 5.87. The highest BCUT2D eigenvalue weighted by atomic mass is 16.7. The third-order valence-electron chi connectivity index (χ3n) is 3.99. The van der Waals surface area contributed by atoms with Crippen molar-refractivity contribution < 1.29 is 9.47 Å². The lowest BCUT2D eigenvalue weighted by molar-refractivity contribution is -0.253. The van der Waals surface area contributed by atoms with Gasteiger partial charge in [0.05, 0.1) is 0 Å². The van der Waals surface area contributed by atoms with Gasteiger partial charge < -0.3 is 14.4 Å². The average molecular weight is 277 g/mol. The van der Waals surface area contributed by atoms with Crippen LogP contribution in [0.5, 0.6) is 0 Å². The summed E-state index contributed by atoms with van der Waals surface area (Å²) in [7, 11) is 0. The molecule has 1 aromatic rings. The molecule has 2 rings (SSSR count). The van der Waals surface area contributed by atoms with Gasteiger partial charge in [0, 0.05) is 45.7 Å². The predicted molar refractivity (Wildman–Crippen MR) is 81.8 cm³/mol. The minimum absolute atomic E-state index is 0.327. The second-order valence-corrected chi connectivity index (χ2v) is 5.35. The Morgan fingerprint density at radius 1 is 1.00 bits per heavy atom. The fraction of sp³-hybridized carbons (Fsp3) is 0.647. The molecule has 1 saturated heterocycles. The van der Waals surface area contributed by atoms with Gasteiger partial charge in [0.15, 0.2) is 5.79 Å². The Hall–Kier alpha value is -0.900. The van der Waals surface area contributed by atoms with E-state index in [1.165, 1.54) is 5.56 Å². The first-order chi connectivity index (χ1) is 9.78. The molecule has 112 valence electrons. The Bertz CT molecular complexity index is 364. The highest BCUT2D eigenvalue weighted by Crippen LogP contribution is 2.27. The van der Waals surface area contributed by atoms with Gasteiger partial charge in [-0.15, -0.1) is 0 Å². The summed E-state index contributed by atoms with van der Waals surface area (Å²) in [5.74, 6) is -0.327. The van der Waals surface area contributed by atoms with Gasteiger partial charge in [-0.2, -0.15) is 0 Å². The predicted octanol–water partition coefficient (Wildman–Crippen LogP) is 3.09. The van der Waals surface area contributed by atoms with Crippen molar-refractivity contribution in [3.63, 3.8) is 0 Å². The third kappa shape index (κ3) is 4.30. The minimum atomic E-state index is -0.327. The van der Waals surface area contributed by atoms with Crippen molar-refractivity contribution in [3.05, 3.63) is 35.9 Å². The van der Waals surface area contributed by atoms with Gasteiger partial charge >= 0.3 is 0 Å². The van der Waals surface area contributed by atoms with Gasteiger partial charge in [0.2, 0.25) is 0 Å². The van der Waals surface area contributed by atoms with E-state index in [1.807, 2.05) is 13.8 Å². The number of rotatable bonds is 7. The van der Waals surface area contributed by atoms with Crippen molar-refractivity contribution in [1.29, 1.82) is 0 Å². The maximum atomic E-state index is 5.87. The number of nitrogens with zero attached hydrogens (tertiary/aromatic N) is 1. The molecule has 1 fully saturated rings. The molecule has 0 N–H and O–H groups in total. The third-order valence-corrected chi connectivity index (χ3v) is 3.99. The SMILES string of the molecule is CCOC1(OCC)CCN(CCc2ccccc2)CC1. The van der Waals surface area contributed by atoms with Crippen molar-refractivity contribution in [2.45, 2.75) is 38.9 Å². The van der Waals surface area contributed by atoms with Crippen LogP contribution in [0.2, 0.25) is 0 Å². The summed E-state index contributed by atoms with van der Waals surface area (Å²) < 4.78 is 11.7. The number of hydrogen-bond acceptors (Lipinski definition) is 3. The molecule has 3 nitrogen and oxygen atoms in total. The van der Waals surface area contributed by atoms with E-state index in [0.717, 1.165) is 52.1 Å². The van der Waals surface area contributed by atoms with Crippen molar-refractivity contribution in [2.24, 2.45) is 0 Å². The van der Waals surface area contributed by atoms with Gasteiger partial charge in [-0.1, -0.05) is 30.3 Å². The Morgan fingerprint density at radius 2 is 1.60 bits per heavy atom. The van der Waals surface area contributed by atoms with Crippen LogP contribution in [0.4, 0.5) is 0 Å². The summed E-state index contributed by atoms with van der Waals surface area (Å²) in [5, 5.41) is 0. The first-order valence-electron chi connectivity index (χ1n) is 7.82. The monoisotopic (exact) mass is 277 g/mol. The van der Waals surface area contributed by atoms with Crippen LogP contribution < -0.4 is 0 Å². The maximum Gasteiger partial charge on any atom is 0.170 e. The van der Waals surface area contributed by atoms with E-state index in [1.54, 1.807) is 0 Å². The Labute approximate surface area is 122 Å². The molecule has 0 saturated carbocycles. The fourth-order valence-corrected chi connectivity index (χ4v) is 2.91. The zero-order chi connectivity index (χ0) is 14.3. The van der Waals surface area contributed by atoms with Gasteiger partial charge in [-0.05, 0) is 25.8 Å². The Kier molecular flexibility index (Phi) is 6.02. The molecule has 3 heteroatoms. The summed E-state index contributed by atoms with van der Waals surface area (Å²) in [6, 6.07) is 10.7. The van der Waals surface area contributed by atoms with Crippen LogP contribution in [-0.4, -0.2) is 43.5 Å². The first kappa shape index (κ1) is 15.5. The zero-order valence-electron chi connectivity index (χ0n) is 12.8. The molecule has 1 aliphatic heterocycles. The molecular weight excluding hydrogens is 250 g/mol. The summed E-state index contributed by atoms with van der Waals surface area (Å²) in [6.45, 7) is 8.79. The zero-order valence-corrected chi connectivity index (χ0v) is 12.8. The molecule has 0 radical (unpaired) electrons. The molecule has 0 aliphatic carbocycles. The quantitative estimate of drug-likeness (QED) is 0.715. The standard InChI is InChI=1S/C17H27NO2/c1-3-19-17(20-4-2)11-14-18(15-12-17)13-10-16-8-6-5-7-9-16/h5-9H,3-4,10-15H2,1-2H3. The highest BCUT2D eigenvalue weighted by Gasteiger charge is 2.35. The molecule has 20 heavy (non-hydrogen) atoms. The van der Waals surface area contributed by atoms with E-state index in [4.69, 9.17) is 9.47 Å². The number of benzene rings is 1.